The molecule has 0 fully saturated rings. The number of para-hydroxylation sites is 1. The normalized spacial score (nSPS) is 13.8. The lowest BCUT2D eigenvalue weighted by Gasteiger charge is -2.31. The van der Waals surface area contributed by atoms with Gasteiger partial charge in [0, 0.05) is 23.3 Å². The summed E-state index contributed by atoms with van der Waals surface area (Å²) in [6.45, 7) is 4.11. The second-order valence-corrected chi connectivity index (χ2v) is 5.70. The van der Waals surface area contributed by atoms with E-state index in [4.69, 9.17) is 11.6 Å². The monoisotopic (exact) mass is 303 g/mol. The first-order valence-corrected chi connectivity index (χ1v) is 7.68. The van der Waals surface area contributed by atoms with E-state index in [0.717, 1.165) is 21.8 Å². The molecule has 2 aromatic carbocycles. The van der Waals surface area contributed by atoms with E-state index in [1.807, 2.05) is 62.5 Å². The molecule has 0 radical (unpaired) electrons. The van der Waals surface area contributed by atoms with Gasteiger partial charge in [0.05, 0.1) is 12.1 Å². The SMILES string of the molecule is CCC(O)c1ccccc1N(C)C(C)c1ccccc1Cl. The van der Waals surface area contributed by atoms with Crippen LogP contribution in [0.25, 0.3) is 0 Å². The molecule has 0 aliphatic heterocycles. The van der Waals surface area contributed by atoms with Gasteiger partial charge in [0.2, 0.25) is 0 Å². The van der Waals surface area contributed by atoms with Crippen LogP contribution in [0.4, 0.5) is 5.69 Å². The van der Waals surface area contributed by atoms with Gasteiger partial charge >= 0.3 is 0 Å². The van der Waals surface area contributed by atoms with Crippen LogP contribution in [0.2, 0.25) is 5.02 Å². The molecule has 0 aliphatic rings. The topological polar surface area (TPSA) is 23.5 Å². The highest BCUT2D eigenvalue weighted by atomic mass is 35.5. The lowest BCUT2D eigenvalue weighted by molar-refractivity contribution is 0.174. The quantitative estimate of drug-likeness (QED) is 0.842. The summed E-state index contributed by atoms with van der Waals surface area (Å²) in [6.07, 6.45) is 0.257. The van der Waals surface area contributed by atoms with Crippen molar-refractivity contribution >= 4 is 17.3 Å². The van der Waals surface area contributed by atoms with Crippen molar-refractivity contribution in [1.29, 1.82) is 0 Å². The smallest absolute Gasteiger partial charge is 0.0807 e. The third kappa shape index (κ3) is 3.39. The standard InChI is InChI=1S/C18H22ClNO/c1-4-18(21)15-10-6-8-12-17(15)20(3)13(2)14-9-5-7-11-16(14)19/h5-13,18,21H,4H2,1-3H3. The number of benzene rings is 2. The van der Waals surface area contributed by atoms with Crippen molar-refractivity contribution < 1.29 is 5.11 Å². The lowest BCUT2D eigenvalue weighted by atomic mass is 10.0. The van der Waals surface area contributed by atoms with E-state index in [1.165, 1.54) is 0 Å². The van der Waals surface area contributed by atoms with Crippen molar-refractivity contribution in [3.8, 4) is 0 Å². The van der Waals surface area contributed by atoms with E-state index >= 15 is 0 Å². The summed E-state index contributed by atoms with van der Waals surface area (Å²) in [5.74, 6) is 0. The maximum atomic E-state index is 10.2. The predicted molar refractivity (Wildman–Crippen MR) is 90.0 cm³/mol. The molecule has 0 heterocycles. The maximum absolute atomic E-state index is 10.2. The fraction of sp³-hybridized carbons (Fsp3) is 0.333. The van der Waals surface area contributed by atoms with Gasteiger partial charge in [-0.15, -0.1) is 0 Å². The minimum Gasteiger partial charge on any atom is -0.388 e. The first-order chi connectivity index (χ1) is 10.1. The van der Waals surface area contributed by atoms with Crippen molar-refractivity contribution in [2.75, 3.05) is 11.9 Å². The number of hydrogen-bond acceptors (Lipinski definition) is 2. The lowest BCUT2D eigenvalue weighted by Crippen LogP contribution is -2.23. The van der Waals surface area contributed by atoms with E-state index in [9.17, 15) is 5.11 Å². The highest BCUT2D eigenvalue weighted by Crippen LogP contribution is 2.34. The molecule has 2 nitrogen and oxygen atoms in total. The largest absolute Gasteiger partial charge is 0.388 e. The first kappa shape index (κ1) is 15.9. The number of halogens is 1. The number of aliphatic hydroxyl groups is 1. The van der Waals surface area contributed by atoms with Crippen LogP contribution in [0.1, 0.15) is 43.5 Å². The molecule has 0 spiro atoms. The maximum Gasteiger partial charge on any atom is 0.0807 e. The van der Waals surface area contributed by atoms with Gasteiger partial charge in [-0.2, -0.15) is 0 Å². The molecule has 0 amide bonds. The van der Waals surface area contributed by atoms with Crippen molar-refractivity contribution in [2.45, 2.75) is 32.4 Å². The molecule has 0 saturated carbocycles. The zero-order valence-electron chi connectivity index (χ0n) is 12.8. The van der Waals surface area contributed by atoms with Crippen LogP contribution in [0.15, 0.2) is 48.5 Å². The van der Waals surface area contributed by atoms with E-state index in [-0.39, 0.29) is 6.04 Å². The zero-order chi connectivity index (χ0) is 15.4. The van der Waals surface area contributed by atoms with Gasteiger partial charge in [0.15, 0.2) is 0 Å². The molecule has 21 heavy (non-hydrogen) atoms. The van der Waals surface area contributed by atoms with Gasteiger partial charge in [-0.05, 0) is 31.0 Å². The average molecular weight is 304 g/mol. The number of nitrogens with zero attached hydrogens (tertiary/aromatic N) is 1. The van der Waals surface area contributed by atoms with E-state index in [0.29, 0.717) is 6.42 Å². The summed E-state index contributed by atoms with van der Waals surface area (Å²) in [5, 5.41) is 11.0. The molecule has 2 unspecified atom stereocenters. The van der Waals surface area contributed by atoms with Crippen LogP contribution in [0, 0.1) is 0 Å². The van der Waals surface area contributed by atoms with Crippen molar-refractivity contribution in [2.24, 2.45) is 0 Å². The average Bonchev–Trinajstić information content (AvgIpc) is 2.53. The Morgan fingerprint density at radius 2 is 1.62 bits per heavy atom. The van der Waals surface area contributed by atoms with Gasteiger partial charge in [0.1, 0.15) is 0 Å². The second-order valence-electron chi connectivity index (χ2n) is 5.29. The molecular formula is C18H22ClNO. The Hall–Kier alpha value is -1.51. The number of anilines is 1. The van der Waals surface area contributed by atoms with Crippen LogP contribution in [0.5, 0.6) is 0 Å². The molecule has 3 heteroatoms. The summed E-state index contributed by atoms with van der Waals surface area (Å²) in [4.78, 5) is 2.16. The molecule has 1 N–H and O–H groups in total. The predicted octanol–water partition coefficient (Wildman–Crippen LogP) is 4.98. The van der Waals surface area contributed by atoms with E-state index < -0.39 is 6.10 Å². The highest BCUT2D eigenvalue weighted by molar-refractivity contribution is 6.31. The fourth-order valence-corrected chi connectivity index (χ4v) is 2.84. The third-order valence-corrected chi connectivity index (χ3v) is 4.34. The van der Waals surface area contributed by atoms with Crippen molar-refractivity contribution in [3.63, 3.8) is 0 Å². The summed E-state index contributed by atoms with van der Waals surface area (Å²) in [5.41, 5.74) is 3.09. The van der Waals surface area contributed by atoms with Gasteiger partial charge in [-0.3, -0.25) is 0 Å². The fourth-order valence-electron chi connectivity index (χ4n) is 2.54. The Labute approximate surface area is 132 Å². The summed E-state index contributed by atoms with van der Waals surface area (Å²) in [7, 11) is 2.04. The van der Waals surface area contributed by atoms with Gasteiger partial charge < -0.3 is 10.0 Å². The van der Waals surface area contributed by atoms with Gasteiger partial charge in [-0.1, -0.05) is 54.9 Å². The summed E-state index contributed by atoms with van der Waals surface area (Å²) < 4.78 is 0. The molecule has 0 saturated heterocycles. The molecule has 0 aromatic heterocycles. The molecule has 2 rings (SSSR count). The first-order valence-electron chi connectivity index (χ1n) is 7.30. The van der Waals surface area contributed by atoms with Crippen LogP contribution >= 0.6 is 11.6 Å². The minimum atomic E-state index is -0.443. The van der Waals surface area contributed by atoms with Crippen LogP contribution in [-0.2, 0) is 0 Å². The van der Waals surface area contributed by atoms with Crippen LogP contribution in [0.3, 0.4) is 0 Å². The summed E-state index contributed by atoms with van der Waals surface area (Å²) >= 11 is 6.30. The zero-order valence-corrected chi connectivity index (χ0v) is 13.5. The van der Waals surface area contributed by atoms with E-state index in [1.54, 1.807) is 0 Å². The van der Waals surface area contributed by atoms with Crippen molar-refractivity contribution in [1.82, 2.24) is 0 Å². The molecule has 0 aliphatic carbocycles. The van der Waals surface area contributed by atoms with E-state index in [2.05, 4.69) is 11.8 Å². The number of aliphatic hydroxyl groups excluding tert-OH is 1. The number of rotatable bonds is 5. The summed E-state index contributed by atoms with van der Waals surface area (Å²) in [6, 6.07) is 16.0. The molecule has 0 bridgehead atoms. The Kier molecular flexibility index (Phi) is 5.27. The second kappa shape index (κ2) is 6.97. The Bertz CT molecular complexity index is 599. The van der Waals surface area contributed by atoms with Gasteiger partial charge in [-0.25, -0.2) is 0 Å². The Morgan fingerprint density at radius 1 is 1.05 bits per heavy atom. The third-order valence-electron chi connectivity index (χ3n) is 4.00. The van der Waals surface area contributed by atoms with Crippen LogP contribution < -0.4 is 4.90 Å². The minimum absolute atomic E-state index is 0.129. The molecule has 2 atom stereocenters. The number of hydrogen-bond donors (Lipinski definition) is 1. The molecular weight excluding hydrogens is 282 g/mol. The Morgan fingerprint density at radius 3 is 2.24 bits per heavy atom. The van der Waals surface area contributed by atoms with Gasteiger partial charge in [0.25, 0.3) is 0 Å². The Balaban J connectivity index is 2.36. The molecule has 2 aromatic rings. The van der Waals surface area contributed by atoms with Crippen molar-refractivity contribution in [3.05, 3.63) is 64.7 Å². The highest BCUT2D eigenvalue weighted by Gasteiger charge is 2.19. The van der Waals surface area contributed by atoms with Crippen LogP contribution in [-0.4, -0.2) is 12.2 Å². The molecule has 112 valence electrons.